The van der Waals surface area contributed by atoms with Crippen LogP contribution >= 0.6 is 0 Å². The smallest absolute Gasteiger partial charge is 0.235 e. The molecule has 0 fully saturated rings. The van der Waals surface area contributed by atoms with E-state index in [0.29, 0.717) is 18.2 Å². The molecule has 0 spiro atoms. The third-order valence-corrected chi connectivity index (χ3v) is 2.97. The van der Waals surface area contributed by atoms with Crippen molar-refractivity contribution in [1.29, 1.82) is 0 Å². The fourth-order valence-corrected chi connectivity index (χ4v) is 2.05. The van der Waals surface area contributed by atoms with E-state index in [1.54, 1.807) is 6.07 Å². The monoisotopic (exact) mass is 256 g/mol. The second-order valence-electron chi connectivity index (χ2n) is 4.45. The van der Waals surface area contributed by atoms with Crippen molar-refractivity contribution >= 4 is 5.90 Å². The minimum atomic E-state index is -0.358. The Labute approximate surface area is 110 Å². The number of aliphatic imine (C=N–C) groups is 1. The summed E-state index contributed by atoms with van der Waals surface area (Å²) in [6.45, 7) is 0.545. The predicted molar refractivity (Wildman–Crippen MR) is 70.6 cm³/mol. The second kappa shape index (κ2) is 5.18. The van der Waals surface area contributed by atoms with Crippen LogP contribution in [0.1, 0.15) is 11.3 Å². The molecule has 0 unspecified atom stereocenters. The number of halogens is 1. The van der Waals surface area contributed by atoms with E-state index in [1.165, 1.54) is 17.8 Å². The maximum atomic E-state index is 12.8. The molecule has 0 aliphatic carbocycles. The Morgan fingerprint density at radius 1 is 1.16 bits per heavy atom. The SMILES string of the molecule is Fc1ccc(C2=N[C@@H](Cc3ccccc3)CO2)nc1. The number of nitrogens with zero attached hydrogens (tertiary/aromatic N) is 2. The lowest BCUT2D eigenvalue weighted by molar-refractivity contribution is 0.316. The van der Waals surface area contributed by atoms with Crippen molar-refractivity contribution in [1.82, 2.24) is 4.98 Å². The minimum Gasteiger partial charge on any atom is -0.474 e. The first-order valence-corrected chi connectivity index (χ1v) is 6.18. The second-order valence-corrected chi connectivity index (χ2v) is 4.45. The van der Waals surface area contributed by atoms with E-state index in [4.69, 9.17) is 4.74 Å². The molecule has 0 radical (unpaired) electrons. The van der Waals surface area contributed by atoms with E-state index in [2.05, 4.69) is 22.1 Å². The fourth-order valence-electron chi connectivity index (χ4n) is 2.05. The highest BCUT2D eigenvalue weighted by atomic mass is 19.1. The van der Waals surface area contributed by atoms with Gasteiger partial charge in [0.1, 0.15) is 18.1 Å². The molecule has 1 aromatic carbocycles. The molecule has 96 valence electrons. The molecule has 0 saturated carbocycles. The Kier molecular flexibility index (Phi) is 3.23. The number of ether oxygens (including phenoxy) is 1. The standard InChI is InChI=1S/C15H13FN2O/c16-12-6-7-14(17-9-12)15-18-13(10-19-15)8-11-4-2-1-3-5-11/h1-7,9,13H,8,10H2/t13-/m0/s1. The summed E-state index contributed by atoms with van der Waals surface area (Å²) in [4.78, 5) is 8.46. The van der Waals surface area contributed by atoms with Crippen LogP contribution in [0.3, 0.4) is 0 Å². The van der Waals surface area contributed by atoms with Crippen LogP contribution in [0.15, 0.2) is 53.7 Å². The van der Waals surface area contributed by atoms with Gasteiger partial charge in [-0.3, -0.25) is 0 Å². The number of hydrogen-bond acceptors (Lipinski definition) is 3. The molecule has 0 saturated heterocycles. The third-order valence-electron chi connectivity index (χ3n) is 2.97. The van der Waals surface area contributed by atoms with Crippen molar-refractivity contribution in [2.75, 3.05) is 6.61 Å². The molecule has 19 heavy (non-hydrogen) atoms. The van der Waals surface area contributed by atoms with Crippen LogP contribution in [0.2, 0.25) is 0 Å². The van der Waals surface area contributed by atoms with Gasteiger partial charge in [-0.15, -0.1) is 0 Å². The van der Waals surface area contributed by atoms with Gasteiger partial charge in [0.15, 0.2) is 0 Å². The summed E-state index contributed by atoms with van der Waals surface area (Å²) in [5.41, 5.74) is 1.81. The molecule has 1 atom stereocenters. The van der Waals surface area contributed by atoms with Crippen molar-refractivity contribution in [3.05, 3.63) is 65.7 Å². The van der Waals surface area contributed by atoms with Gasteiger partial charge in [-0.05, 0) is 24.1 Å². The Morgan fingerprint density at radius 2 is 2.00 bits per heavy atom. The Bertz CT molecular complexity index is 581. The van der Waals surface area contributed by atoms with Gasteiger partial charge in [0.25, 0.3) is 0 Å². The Morgan fingerprint density at radius 3 is 2.74 bits per heavy atom. The molecular formula is C15H13FN2O. The largest absolute Gasteiger partial charge is 0.474 e. The molecule has 3 nitrogen and oxygen atoms in total. The third kappa shape index (κ3) is 2.78. The normalized spacial score (nSPS) is 17.9. The number of pyridine rings is 1. The van der Waals surface area contributed by atoms with Crippen LogP contribution in [0, 0.1) is 5.82 Å². The maximum Gasteiger partial charge on any atom is 0.235 e. The lowest BCUT2D eigenvalue weighted by Crippen LogP contribution is -2.09. The summed E-state index contributed by atoms with van der Waals surface area (Å²) in [5, 5.41) is 0. The molecule has 0 bridgehead atoms. The van der Waals surface area contributed by atoms with Gasteiger partial charge in [-0.2, -0.15) is 0 Å². The summed E-state index contributed by atoms with van der Waals surface area (Å²) in [5.74, 6) is 0.143. The summed E-state index contributed by atoms with van der Waals surface area (Å²) < 4.78 is 18.3. The van der Waals surface area contributed by atoms with Gasteiger partial charge in [0.2, 0.25) is 5.90 Å². The fraction of sp³-hybridized carbons (Fsp3) is 0.200. The number of rotatable bonds is 3. The molecule has 2 aromatic rings. The molecule has 1 aliphatic heterocycles. The highest BCUT2D eigenvalue weighted by Crippen LogP contribution is 2.14. The van der Waals surface area contributed by atoms with Crippen LogP contribution in [-0.2, 0) is 11.2 Å². The molecule has 0 amide bonds. The first-order valence-electron chi connectivity index (χ1n) is 6.18. The first-order chi connectivity index (χ1) is 9.31. The van der Waals surface area contributed by atoms with Gasteiger partial charge in [-0.1, -0.05) is 30.3 Å². The highest BCUT2D eigenvalue weighted by Gasteiger charge is 2.21. The van der Waals surface area contributed by atoms with Crippen molar-refractivity contribution in [2.45, 2.75) is 12.5 Å². The zero-order valence-corrected chi connectivity index (χ0v) is 10.3. The zero-order chi connectivity index (χ0) is 13.1. The van der Waals surface area contributed by atoms with Crippen molar-refractivity contribution in [3.8, 4) is 0 Å². The van der Waals surface area contributed by atoms with Gasteiger partial charge in [-0.25, -0.2) is 14.4 Å². The highest BCUT2D eigenvalue weighted by molar-refractivity contribution is 5.93. The maximum absolute atomic E-state index is 12.8. The number of hydrogen-bond donors (Lipinski definition) is 0. The van der Waals surface area contributed by atoms with E-state index < -0.39 is 0 Å². The van der Waals surface area contributed by atoms with E-state index in [0.717, 1.165) is 6.42 Å². The number of benzene rings is 1. The Balaban J connectivity index is 1.72. The number of aromatic nitrogens is 1. The zero-order valence-electron chi connectivity index (χ0n) is 10.3. The topological polar surface area (TPSA) is 34.5 Å². The van der Waals surface area contributed by atoms with Crippen molar-refractivity contribution in [3.63, 3.8) is 0 Å². The van der Waals surface area contributed by atoms with Crippen LogP contribution in [0.4, 0.5) is 4.39 Å². The average Bonchev–Trinajstić information content (AvgIpc) is 2.89. The summed E-state index contributed by atoms with van der Waals surface area (Å²) in [7, 11) is 0. The molecule has 1 aromatic heterocycles. The van der Waals surface area contributed by atoms with E-state index >= 15 is 0 Å². The van der Waals surface area contributed by atoms with Crippen LogP contribution in [0.5, 0.6) is 0 Å². The lowest BCUT2D eigenvalue weighted by Gasteiger charge is -2.03. The predicted octanol–water partition coefficient (Wildman–Crippen LogP) is 2.61. The van der Waals surface area contributed by atoms with E-state index in [-0.39, 0.29) is 11.9 Å². The van der Waals surface area contributed by atoms with Gasteiger partial charge in [0, 0.05) is 0 Å². The van der Waals surface area contributed by atoms with Crippen LogP contribution < -0.4 is 0 Å². The molecule has 3 rings (SSSR count). The van der Waals surface area contributed by atoms with Crippen LogP contribution in [0.25, 0.3) is 0 Å². The van der Waals surface area contributed by atoms with Gasteiger partial charge < -0.3 is 4.74 Å². The van der Waals surface area contributed by atoms with Crippen LogP contribution in [-0.4, -0.2) is 23.5 Å². The molecule has 1 aliphatic rings. The quantitative estimate of drug-likeness (QED) is 0.846. The van der Waals surface area contributed by atoms with E-state index in [1.807, 2.05) is 18.2 Å². The van der Waals surface area contributed by atoms with Crippen molar-refractivity contribution in [2.24, 2.45) is 4.99 Å². The average molecular weight is 256 g/mol. The molecular weight excluding hydrogens is 243 g/mol. The molecule has 4 heteroatoms. The Hall–Kier alpha value is -2.23. The molecule has 0 N–H and O–H groups in total. The minimum absolute atomic E-state index is 0.101. The molecule has 2 heterocycles. The summed E-state index contributed by atoms with van der Waals surface area (Å²) in [6, 6.07) is 13.2. The summed E-state index contributed by atoms with van der Waals surface area (Å²) >= 11 is 0. The van der Waals surface area contributed by atoms with Gasteiger partial charge >= 0.3 is 0 Å². The lowest BCUT2D eigenvalue weighted by atomic mass is 10.1. The van der Waals surface area contributed by atoms with E-state index in [9.17, 15) is 4.39 Å². The van der Waals surface area contributed by atoms with Crippen molar-refractivity contribution < 1.29 is 9.13 Å². The first kappa shape index (κ1) is 11.8. The van der Waals surface area contributed by atoms with Gasteiger partial charge in [0.05, 0.1) is 12.2 Å². The summed E-state index contributed by atoms with van der Waals surface area (Å²) in [6.07, 6.45) is 2.01.